The predicted octanol–water partition coefficient (Wildman–Crippen LogP) is 6.65. The van der Waals surface area contributed by atoms with Crippen molar-refractivity contribution in [3.8, 4) is 23.3 Å². The third kappa shape index (κ3) is 7.46. The maximum atomic E-state index is 5.13. The van der Waals surface area contributed by atoms with E-state index in [-0.39, 0.29) is 12.1 Å². The summed E-state index contributed by atoms with van der Waals surface area (Å²) in [6, 6.07) is 1.34. The minimum Gasteiger partial charge on any atom is -0.342 e. The molecule has 0 bridgehead atoms. The Hall–Kier alpha value is -5.30. The van der Waals surface area contributed by atoms with Gasteiger partial charge in [-0.3, -0.25) is 18.3 Å². The summed E-state index contributed by atoms with van der Waals surface area (Å²) in [4.78, 5) is 35.5. The van der Waals surface area contributed by atoms with Crippen molar-refractivity contribution in [2.24, 2.45) is 0 Å². The van der Waals surface area contributed by atoms with Crippen LogP contribution in [0.4, 0.5) is 17.6 Å². The minimum absolute atomic E-state index is 0.182. The van der Waals surface area contributed by atoms with E-state index in [0.29, 0.717) is 28.7 Å². The number of aromatic nitrogens is 14. The van der Waals surface area contributed by atoms with Gasteiger partial charge in [0.1, 0.15) is 24.0 Å². The summed E-state index contributed by atoms with van der Waals surface area (Å²) in [6.07, 6.45) is 31.8. The first kappa shape index (κ1) is 39.8. The molecule has 2 atom stereocenters. The fourth-order valence-electron chi connectivity index (χ4n) is 10.2. The van der Waals surface area contributed by atoms with Gasteiger partial charge in [-0.1, -0.05) is 39.5 Å². The molecule has 6 aliphatic rings. The Labute approximate surface area is 364 Å². The minimum atomic E-state index is 0.182. The molecule has 2 saturated heterocycles. The summed E-state index contributed by atoms with van der Waals surface area (Å²) in [5.74, 6) is 6.16. The van der Waals surface area contributed by atoms with Gasteiger partial charge in [0.05, 0.1) is 24.5 Å². The normalized spacial score (nSPS) is 20.8. The molecule has 4 aliphatic heterocycles. The lowest BCUT2D eigenvalue weighted by molar-refractivity contribution is 0.468. The van der Waals surface area contributed by atoms with Crippen molar-refractivity contribution in [2.75, 3.05) is 40.9 Å². The lowest BCUT2D eigenvalue weighted by atomic mass is 10.0. The average molecular weight is 892 g/mol. The van der Waals surface area contributed by atoms with Crippen molar-refractivity contribution in [3.63, 3.8) is 0 Å². The first-order valence-electron chi connectivity index (χ1n) is 22.4. The van der Waals surface area contributed by atoms with Crippen LogP contribution in [0.1, 0.15) is 127 Å². The standard InChI is InChI=1S/C21H27N9.C17H19BrN8.C4H9N/c1-2-16-19-26-24-14-29(19)17-13-23-20(25-18(17)30(16)15-7-3-4-8-15)28-12-9-22-21(28)27-10-5-6-11-27;1-2-12-15-23-21-10-25(15)13-9-20-17(24-8-7-19-16(24)18)22-14(13)26(12)11-5-3-4-6-11;1-2-4-5-3-1/h9,12-16H,2-8,10-11H2,1H3;7-12H,2-6H2,1H3;5H,1-4H2/t16-;12-;/m11./s1. The fraction of sp³-hybridized carbons (Fsp3) is 0.571. The molecule has 0 spiro atoms. The quantitative estimate of drug-likeness (QED) is 0.181. The van der Waals surface area contributed by atoms with E-state index < -0.39 is 0 Å². The van der Waals surface area contributed by atoms with E-state index in [0.717, 1.165) is 66.5 Å². The summed E-state index contributed by atoms with van der Waals surface area (Å²) in [5, 5.41) is 20.5. The van der Waals surface area contributed by atoms with E-state index in [9.17, 15) is 0 Å². The van der Waals surface area contributed by atoms with Gasteiger partial charge >= 0.3 is 0 Å². The molecule has 0 amide bonds. The van der Waals surface area contributed by atoms with Crippen molar-refractivity contribution in [2.45, 2.75) is 128 Å². The second kappa shape index (κ2) is 17.6. The molecular formula is C42H55BrN18. The van der Waals surface area contributed by atoms with Gasteiger partial charge in [0.25, 0.3) is 0 Å². The number of anilines is 3. The Kier molecular flexibility index (Phi) is 11.5. The fourth-order valence-corrected chi connectivity index (χ4v) is 10.6. The smallest absolute Gasteiger partial charge is 0.238 e. The Morgan fingerprint density at radius 2 is 1.11 bits per heavy atom. The maximum absolute atomic E-state index is 5.13. The SMILES string of the molecule is C1CCNC1.CC[C@@H]1c2nncn2-c2cnc(-n3ccnc3Br)nc2N1C1CCCC1.CC[C@@H]1c2nncn2-c2cnc(-n3ccnc3N3CCCC3)nc2N1C1CCCC1. The number of nitrogens with one attached hydrogen (secondary N) is 1. The van der Waals surface area contributed by atoms with Gasteiger partial charge in [-0.25, -0.2) is 19.9 Å². The number of rotatable bonds is 7. The van der Waals surface area contributed by atoms with E-state index in [4.69, 9.17) is 15.0 Å². The molecule has 1 N–H and O–H groups in total. The Morgan fingerprint density at radius 3 is 1.59 bits per heavy atom. The van der Waals surface area contributed by atoms with Crippen molar-refractivity contribution < 1.29 is 0 Å². The number of hydrogen-bond acceptors (Lipinski definition) is 14. The predicted molar refractivity (Wildman–Crippen MR) is 235 cm³/mol. The van der Waals surface area contributed by atoms with Crippen LogP contribution in [0.3, 0.4) is 0 Å². The number of imidazole rings is 2. The Bertz CT molecular complexity index is 2390. The highest BCUT2D eigenvalue weighted by Crippen LogP contribution is 2.44. The highest BCUT2D eigenvalue weighted by molar-refractivity contribution is 9.10. The molecule has 2 saturated carbocycles. The zero-order chi connectivity index (χ0) is 41.3. The third-order valence-electron chi connectivity index (χ3n) is 13.1. The highest BCUT2D eigenvalue weighted by Gasteiger charge is 2.40. The van der Waals surface area contributed by atoms with Gasteiger partial charge in [0.2, 0.25) is 17.8 Å². The van der Waals surface area contributed by atoms with Crippen LogP contribution in [0.15, 0.2) is 54.6 Å². The van der Waals surface area contributed by atoms with Crippen LogP contribution in [-0.4, -0.2) is 107 Å². The molecule has 19 heteroatoms. The first-order valence-corrected chi connectivity index (χ1v) is 23.2. The topological polar surface area (TPSA) is 170 Å². The molecule has 61 heavy (non-hydrogen) atoms. The lowest BCUT2D eigenvalue weighted by Crippen LogP contribution is -2.42. The first-order chi connectivity index (χ1) is 30.1. The van der Waals surface area contributed by atoms with E-state index in [1.165, 1.54) is 90.1 Å². The zero-order valence-corrected chi connectivity index (χ0v) is 36.7. The number of halogens is 1. The van der Waals surface area contributed by atoms with Crippen molar-refractivity contribution in [1.29, 1.82) is 0 Å². The van der Waals surface area contributed by atoms with Crippen LogP contribution in [-0.2, 0) is 0 Å². The van der Waals surface area contributed by atoms with Crippen LogP contribution < -0.4 is 20.0 Å². The summed E-state index contributed by atoms with van der Waals surface area (Å²) < 4.78 is 8.66. The zero-order valence-electron chi connectivity index (χ0n) is 35.1. The van der Waals surface area contributed by atoms with Crippen molar-refractivity contribution in [3.05, 3.63) is 66.2 Å². The van der Waals surface area contributed by atoms with E-state index >= 15 is 0 Å². The third-order valence-corrected chi connectivity index (χ3v) is 13.7. The van der Waals surface area contributed by atoms with Gasteiger partial charge in [-0.05, 0) is 93.2 Å². The average Bonchev–Trinajstić information content (AvgIpc) is 4.15. The highest BCUT2D eigenvalue weighted by atomic mass is 79.9. The van der Waals surface area contributed by atoms with Crippen LogP contribution >= 0.6 is 15.9 Å². The van der Waals surface area contributed by atoms with Crippen molar-refractivity contribution in [1.82, 2.24) is 73.9 Å². The van der Waals surface area contributed by atoms with E-state index in [1.54, 1.807) is 18.9 Å². The molecule has 0 unspecified atom stereocenters. The molecule has 0 aromatic carbocycles. The molecule has 320 valence electrons. The van der Waals surface area contributed by atoms with Gasteiger partial charge < -0.3 is 20.0 Å². The second-order valence-corrected chi connectivity index (χ2v) is 17.4. The summed E-state index contributed by atoms with van der Waals surface area (Å²) >= 11 is 3.46. The summed E-state index contributed by atoms with van der Waals surface area (Å²) in [6.45, 7) is 9.00. The lowest BCUT2D eigenvalue weighted by Gasteiger charge is -2.40. The van der Waals surface area contributed by atoms with Gasteiger partial charge in [-0.2, -0.15) is 9.97 Å². The van der Waals surface area contributed by atoms with E-state index in [2.05, 4.69) is 89.7 Å². The molecule has 12 rings (SSSR count). The Morgan fingerprint density at radius 1 is 0.607 bits per heavy atom. The van der Waals surface area contributed by atoms with Crippen LogP contribution in [0.25, 0.3) is 23.3 Å². The monoisotopic (exact) mass is 890 g/mol. The molecule has 6 aromatic heterocycles. The maximum Gasteiger partial charge on any atom is 0.238 e. The molecule has 10 heterocycles. The van der Waals surface area contributed by atoms with Crippen molar-refractivity contribution >= 4 is 33.5 Å². The number of nitrogens with zero attached hydrogens (tertiary/aromatic N) is 17. The summed E-state index contributed by atoms with van der Waals surface area (Å²) in [5.41, 5.74) is 1.92. The molecular weight excluding hydrogens is 836 g/mol. The van der Waals surface area contributed by atoms with Crippen LogP contribution in [0.2, 0.25) is 0 Å². The molecule has 4 fully saturated rings. The molecule has 6 aromatic rings. The molecule has 18 nitrogen and oxygen atoms in total. The van der Waals surface area contributed by atoms with Gasteiger partial charge in [0.15, 0.2) is 28.0 Å². The second-order valence-electron chi connectivity index (χ2n) is 16.7. The van der Waals surface area contributed by atoms with Gasteiger partial charge in [0, 0.05) is 50.0 Å². The largest absolute Gasteiger partial charge is 0.342 e. The molecule has 2 aliphatic carbocycles. The Balaban J connectivity index is 0.000000132. The van der Waals surface area contributed by atoms with E-state index in [1.807, 2.05) is 44.7 Å². The summed E-state index contributed by atoms with van der Waals surface area (Å²) in [7, 11) is 0. The number of hydrogen-bond donors (Lipinski definition) is 1. The molecule has 0 radical (unpaired) electrons. The van der Waals surface area contributed by atoms with Gasteiger partial charge in [-0.15, -0.1) is 20.4 Å². The van der Waals surface area contributed by atoms with Crippen LogP contribution in [0, 0.1) is 0 Å². The van der Waals surface area contributed by atoms with Crippen LogP contribution in [0.5, 0.6) is 0 Å². The number of fused-ring (bicyclic) bond motifs is 6.